The molecule has 22 heavy (non-hydrogen) atoms. The lowest BCUT2D eigenvalue weighted by atomic mass is 10.2. The molecule has 0 saturated carbocycles. The highest BCUT2D eigenvalue weighted by Gasteiger charge is 2.12. The average Bonchev–Trinajstić information content (AvgIpc) is 2.92. The van der Waals surface area contributed by atoms with Crippen LogP contribution in [-0.4, -0.2) is 12.8 Å². The Morgan fingerprint density at radius 3 is 2.82 bits per heavy atom. The number of aliphatic imine (C=N–C) groups is 1. The van der Waals surface area contributed by atoms with Crippen LogP contribution in [-0.2, 0) is 6.54 Å². The Hall–Kier alpha value is -1.96. The summed E-state index contributed by atoms with van der Waals surface area (Å²) in [5.41, 5.74) is 9.02. The number of nitrogens with two attached hydrogens (primary N) is 1. The van der Waals surface area contributed by atoms with Gasteiger partial charge in [-0.2, -0.15) is 0 Å². The number of nitrogens with zero attached hydrogens (tertiary/aromatic N) is 1. The normalized spacial score (nSPS) is 12.7. The molecule has 3 N–H and O–H groups in total. The minimum Gasteiger partial charge on any atom is -0.454 e. The zero-order valence-electron chi connectivity index (χ0n) is 12.2. The van der Waals surface area contributed by atoms with Crippen molar-refractivity contribution in [2.24, 2.45) is 10.7 Å². The minimum absolute atomic E-state index is 0. The molecule has 0 atom stereocenters. The number of rotatable bonds is 3. The number of nitrogens with one attached hydrogen (secondary N) is 1. The van der Waals surface area contributed by atoms with Crippen molar-refractivity contribution in [2.45, 2.75) is 13.5 Å². The molecule has 1 aliphatic heterocycles. The standard InChI is InChI=1S/C16H17N3O2.HI/c1-11-3-2-4-13(7-11)19-16(17)18-9-12-5-6-14-15(8-12)21-10-20-14;/h2-8H,9-10H2,1H3,(H3,17,18,19);1H. The molecule has 116 valence electrons. The van der Waals surface area contributed by atoms with Gasteiger partial charge in [-0.05, 0) is 42.3 Å². The van der Waals surface area contributed by atoms with E-state index in [0.29, 0.717) is 12.5 Å². The largest absolute Gasteiger partial charge is 0.454 e. The number of anilines is 1. The zero-order chi connectivity index (χ0) is 14.7. The molecule has 0 aliphatic carbocycles. The van der Waals surface area contributed by atoms with Gasteiger partial charge in [0.2, 0.25) is 6.79 Å². The summed E-state index contributed by atoms with van der Waals surface area (Å²) < 4.78 is 10.6. The number of hydrogen-bond acceptors (Lipinski definition) is 3. The summed E-state index contributed by atoms with van der Waals surface area (Å²) in [6.07, 6.45) is 0. The van der Waals surface area contributed by atoms with Crippen LogP contribution in [0.1, 0.15) is 11.1 Å². The number of halogens is 1. The Bertz CT molecular complexity index is 689. The predicted molar refractivity (Wildman–Crippen MR) is 98.1 cm³/mol. The number of fused-ring (bicyclic) bond motifs is 1. The summed E-state index contributed by atoms with van der Waals surface area (Å²) in [6, 6.07) is 13.7. The first-order chi connectivity index (χ1) is 10.2. The third-order valence-electron chi connectivity index (χ3n) is 3.16. The van der Waals surface area contributed by atoms with Crippen molar-refractivity contribution in [2.75, 3.05) is 12.1 Å². The second-order valence-electron chi connectivity index (χ2n) is 4.88. The quantitative estimate of drug-likeness (QED) is 0.462. The molecule has 0 unspecified atom stereocenters. The fraction of sp³-hybridized carbons (Fsp3) is 0.188. The van der Waals surface area contributed by atoms with Crippen LogP contribution >= 0.6 is 24.0 Å². The van der Waals surface area contributed by atoms with Gasteiger partial charge in [0, 0.05) is 5.69 Å². The van der Waals surface area contributed by atoms with Crippen LogP contribution in [0.2, 0.25) is 0 Å². The van der Waals surface area contributed by atoms with Crippen molar-refractivity contribution < 1.29 is 9.47 Å². The van der Waals surface area contributed by atoms with Crippen molar-refractivity contribution in [3.63, 3.8) is 0 Å². The van der Waals surface area contributed by atoms with Crippen LogP contribution in [0.15, 0.2) is 47.5 Å². The van der Waals surface area contributed by atoms with Gasteiger partial charge in [-0.15, -0.1) is 24.0 Å². The maximum absolute atomic E-state index is 5.90. The van der Waals surface area contributed by atoms with E-state index in [1.54, 1.807) is 0 Å². The molecule has 3 rings (SSSR count). The van der Waals surface area contributed by atoms with Crippen molar-refractivity contribution in [1.29, 1.82) is 0 Å². The number of ether oxygens (including phenoxy) is 2. The summed E-state index contributed by atoms with van der Waals surface area (Å²) in [5.74, 6) is 1.92. The molecule has 1 heterocycles. The van der Waals surface area contributed by atoms with Gasteiger partial charge >= 0.3 is 0 Å². The van der Waals surface area contributed by atoms with Crippen LogP contribution in [0.3, 0.4) is 0 Å². The maximum Gasteiger partial charge on any atom is 0.231 e. The van der Waals surface area contributed by atoms with Crippen LogP contribution in [0.5, 0.6) is 11.5 Å². The summed E-state index contributed by atoms with van der Waals surface area (Å²) in [5, 5.41) is 3.08. The Morgan fingerprint density at radius 1 is 1.18 bits per heavy atom. The molecular formula is C16H18IN3O2. The fourth-order valence-electron chi connectivity index (χ4n) is 2.13. The highest BCUT2D eigenvalue weighted by atomic mass is 127. The molecule has 0 saturated heterocycles. The van der Waals surface area contributed by atoms with E-state index in [1.165, 1.54) is 5.56 Å². The zero-order valence-corrected chi connectivity index (χ0v) is 14.5. The predicted octanol–water partition coefficient (Wildman–Crippen LogP) is 3.27. The van der Waals surface area contributed by atoms with Crippen LogP contribution in [0.4, 0.5) is 5.69 Å². The van der Waals surface area contributed by atoms with Crippen molar-refractivity contribution in [1.82, 2.24) is 0 Å². The third kappa shape index (κ3) is 4.03. The molecule has 5 nitrogen and oxygen atoms in total. The molecule has 0 fully saturated rings. The molecule has 1 aliphatic rings. The Balaban J connectivity index is 0.00000176. The number of hydrogen-bond donors (Lipinski definition) is 2. The third-order valence-corrected chi connectivity index (χ3v) is 3.16. The second-order valence-corrected chi connectivity index (χ2v) is 4.88. The Kier molecular flexibility index (Phi) is 5.48. The number of guanidine groups is 1. The average molecular weight is 411 g/mol. The van der Waals surface area contributed by atoms with Gasteiger partial charge in [0.25, 0.3) is 0 Å². The van der Waals surface area contributed by atoms with E-state index < -0.39 is 0 Å². The van der Waals surface area contributed by atoms with Gasteiger partial charge < -0.3 is 20.5 Å². The molecule has 0 spiro atoms. The minimum atomic E-state index is 0. The van der Waals surface area contributed by atoms with E-state index in [9.17, 15) is 0 Å². The summed E-state index contributed by atoms with van der Waals surface area (Å²) in [6.45, 7) is 2.80. The lowest BCUT2D eigenvalue weighted by Crippen LogP contribution is -2.22. The highest BCUT2D eigenvalue weighted by Crippen LogP contribution is 2.32. The first-order valence-corrected chi connectivity index (χ1v) is 6.73. The smallest absolute Gasteiger partial charge is 0.231 e. The van der Waals surface area contributed by atoms with Gasteiger partial charge in [-0.3, -0.25) is 0 Å². The van der Waals surface area contributed by atoms with E-state index in [2.05, 4.69) is 10.3 Å². The van der Waals surface area contributed by atoms with Gasteiger partial charge in [0.15, 0.2) is 17.5 Å². The van der Waals surface area contributed by atoms with Crippen molar-refractivity contribution >= 4 is 35.6 Å². The monoisotopic (exact) mass is 411 g/mol. The van der Waals surface area contributed by atoms with Crippen molar-refractivity contribution in [3.05, 3.63) is 53.6 Å². The first kappa shape index (κ1) is 16.4. The number of benzene rings is 2. The summed E-state index contributed by atoms with van der Waals surface area (Å²) in [7, 11) is 0. The highest BCUT2D eigenvalue weighted by molar-refractivity contribution is 14.0. The van der Waals surface area contributed by atoms with E-state index >= 15 is 0 Å². The molecule has 6 heteroatoms. The van der Waals surface area contributed by atoms with E-state index in [-0.39, 0.29) is 30.8 Å². The summed E-state index contributed by atoms with van der Waals surface area (Å²) >= 11 is 0. The van der Waals surface area contributed by atoms with E-state index in [0.717, 1.165) is 22.7 Å². The molecule has 2 aromatic rings. The Morgan fingerprint density at radius 2 is 2.00 bits per heavy atom. The maximum atomic E-state index is 5.90. The lowest BCUT2D eigenvalue weighted by molar-refractivity contribution is 0.174. The molecular weight excluding hydrogens is 393 g/mol. The van der Waals surface area contributed by atoms with Crippen LogP contribution in [0, 0.1) is 6.92 Å². The van der Waals surface area contributed by atoms with Crippen LogP contribution in [0.25, 0.3) is 0 Å². The summed E-state index contributed by atoms with van der Waals surface area (Å²) in [4.78, 5) is 4.33. The number of aryl methyl sites for hydroxylation is 1. The second kappa shape index (κ2) is 7.35. The van der Waals surface area contributed by atoms with Gasteiger partial charge in [0.05, 0.1) is 6.54 Å². The van der Waals surface area contributed by atoms with E-state index in [1.807, 2.05) is 49.4 Å². The molecule has 0 aromatic heterocycles. The van der Waals surface area contributed by atoms with Crippen LogP contribution < -0.4 is 20.5 Å². The SMILES string of the molecule is Cc1cccc(NC(N)=NCc2ccc3c(c2)OCO3)c1.I. The lowest BCUT2D eigenvalue weighted by Gasteiger charge is -2.06. The topological polar surface area (TPSA) is 68.9 Å². The fourth-order valence-corrected chi connectivity index (χ4v) is 2.13. The van der Waals surface area contributed by atoms with Gasteiger partial charge in [0.1, 0.15) is 0 Å². The van der Waals surface area contributed by atoms with Gasteiger partial charge in [-0.1, -0.05) is 18.2 Å². The molecule has 0 radical (unpaired) electrons. The molecule has 2 aromatic carbocycles. The first-order valence-electron chi connectivity index (χ1n) is 6.73. The van der Waals surface area contributed by atoms with Crippen molar-refractivity contribution in [3.8, 4) is 11.5 Å². The Labute approximate surface area is 146 Å². The molecule has 0 bridgehead atoms. The molecule has 0 amide bonds. The van der Waals surface area contributed by atoms with Gasteiger partial charge in [-0.25, -0.2) is 4.99 Å². The van der Waals surface area contributed by atoms with E-state index in [4.69, 9.17) is 15.2 Å².